The molecule has 1 saturated heterocycles. The Labute approximate surface area is 103 Å². The van der Waals surface area contributed by atoms with Gasteiger partial charge in [0.15, 0.2) is 5.76 Å². The van der Waals surface area contributed by atoms with Gasteiger partial charge in [-0.3, -0.25) is 4.79 Å². The molecule has 1 aliphatic rings. The van der Waals surface area contributed by atoms with Crippen LogP contribution in [0.25, 0.3) is 0 Å². The molecule has 5 heteroatoms. The van der Waals surface area contributed by atoms with Gasteiger partial charge < -0.3 is 4.74 Å². The Morgan fingerprint density at radius 1 is 1.29 bits per heavy atom. The van der Waals surface area contributed by atoms with Crippen LogP contribution in [-0.4, -0.2) is 12.0 Å². The lowest BCUT2D eigenvalue weighted by Gasteiger charge is -2.09. The van der Waals surface area contributed by atoms with Gasteiger partial charge in [-0.1, -0.05) is 18.5 Å². The maximum atomic E-state index is 11.9. The Kier molecular flexibility index (Phi) is 3.15. The summed E-state index contributed by atoms with van der Waals surface area (Å²) in [6, 6.07) is 6.41. The SMILES string of the molecule is CC/C=C1\OC(=O)N(c2ccc(Cl)cc2)C1=O. The van der Waals surface area contributed by atoms with Crippen molar-refractivity contribution in [3.8, 4) is 0 Å². The summed E-state index contributed by atoms with van der Waals surface area (Å²) >= 11 is 5.74. The van der Waals surface area contributed by atoms with E-state index in [1.165, 1.54) is 0 Å². The Morgan fingerprint density at radius 2 is 1.94 bits per heavy atom. The summed E-state index contributed by atoms with van der Waals surface area (Å²) in [6.45, 7) is 1.86. The number of ether oxygens (including phenoxy) is 1. The van der Waals surface area contributed by atoms with E-state index < -0.39 is 12.0 Å². The number of halogens is 1. The average molecular weight is 252 g/mol. The molecule has 0 bridgehead atoms. The summed E-state index contributed by atoms with van der Waals surface area (Å²) in [5.74, 6) is -0.369. The zero-order valence-corrected chi connectivity index (χ0v) is 9.90. The van der Waals surface area contributed by atoms with Gasteiger partial charge in [-0.15, -0.1) is 0 Å². The summed E-state index contributed by atoms with van der Waals surface area (Å²) < 4.78 is 4.88. The predicted molar refractivity (Wildman–Crippen MR) is 63.8 cm³/mol. The maximum Gasteiger partial charge on any atom is 0.427 e. The number of imide groups is 1. The average Bonchev–Trinajstić information content (AvgIpc) is 2.57. The van der Waals surface area contributed by atoms with E-state index in [0.717, 1.165) is 4.90 Å². The van der Waals surface area contributed by atoms with E-state index in [0.29, 0.717) is 17.1 Å². The molecule has 0 N–H and O–H groups in total. The lowest BCUT2D eigenvalue weighted by Crippen LogP contribution is -2.28. The lowest BCUT2D eigenvalue weighted by atomic mass is 10.3. The number of carbonyl (C=O) groups is 2. The molecule has 1 fully saturated rings. The Balaban J connectivity index is 2.34. The molecule has 1 aromatic carbocycles. The molecular formula is C12H10ClNO3. The molecule has 0 saturated carbocycles. The molecule has 0 atom stereocenters. The molecule has 1 aromatic rings. The van der Waals surface area contributed by atoms with Gasteiger partial charge in [-0.25, -0.2) is 9.69 Å². The second kappa shape index (κ2) is 4.59. The second-order valence-electron chi connectivity index (χ2n) is 3.46. The zero-order chi connectivity index (χ0) is 12.4. The van der Waals surface area contributed by atoms with Crippen LogP contribution < -0.4 is 4.90 Å². The van der Waals surface area contributed by atoms with E-state index in [-0.39, 0.29) is 5.76 Å². The summed E-state index contributed by atoms with van der Waals surface area (Å²) in [5.41, 5.74) is 0.448. The van der Waals surface area contributed by atoms with Crippen molar-refractivity contribution in [1.82, 2.24) is 0 Å². The minimum atomic E-state index is -0.683. The molecule has 88 valence electrons. The highest BCUT2D eigenvalue weighted by Crippen LogP contribution is 2.26. The third kappa shape index (κ3) is 2.17. The highest BCUT2D eigenvalue weighted by Gasteiger charge is 2.37. The number of rotatable bonds is 2. The first kappa shape index (κ1) is 11.7. The van der Waals surface area contributed by atoms with Crippen LogP contribution in [0.5, 0.6) is 0 Å². The topological polar surface area (TPSA) is 46.6 Å². The van der Waals surface area contributed by atoms with Gasteiger partial charge in [0.05, 0.1) is 5.69 Å². The van der Waals surface area contributed by atoms with Crippen molar-refractivity contribution in [2.75, 3.05) is 4.90 Å². The number of carbonyl (C=O) groups excluding carboxylic acids is 2. The van der Waals surface area contributed by atoms with Crippen LogP contribution in [0, 0.1) is 0 Å². The smallest absolute Gasteiger partial charge is 0.404 e. The van der Waals surface area contributed by atoms with E-state index in [1.54, 1.807) is 30.3 Å². The van der Waals surface area contributed by atoms with Gasteiger partial charge in [0.25, 0.3) is 0 Å². The van der Waals surface area contributed by atoms with Crippen molar-refractivity contribution in [3.63, 3.8) is 0 Å². The highest BCUT2D eigenvalue weighted by atomic mass is 35.5. The van der Waals surface area contributed by atoms with Gasteiger partial charge in [0, 0.05) is 5.02 Å². The van der Waals surface area contributed by atoms with Crippen molar-refractivity contribution in [2.24, 2.45) is 0 Å². The van der Waals surface area contributed by atoms with E-state index in [4.69, 9.17) is 16.3 Å². The van der Waals surface area contributed by atoms with Crippen molar-refractivity contribution >= 4 is 29.3 Å². The number of benzene rings is 1. The minimum absolute atomic E-state index is 0.0763. The van der Waals surface area contributed by atoms with Crippen molar-refractivity contribution in [3.05, 3.63) is 41.1 Å². The summed E-state index contributed by atoms with van der Waals surface area (Å²) in [7, 11) is 0. The number of hydrogen-bond acceptors (Lipinski definition) is 3. The highest BCUT2D eigenvalue weighted by molar-refractivity contribution is 6.30. The Bertz CT molecular complexity index is 493. The first-order valence-electron chi connectivity index (χ1n) is 5.15. The van der Waals surface area contributed by atoms with Crippen LogP contribution in [0.4, 0.5) is 10.5 Å². The predicted octanol–water partition coefficient (Wildman–Crippen LogP) is 3.12. The first-order valence-corrected chi connectivity index (χ1v) is 5.53. The second-order valence-corrected chi connectivity index (χ2v) is 3.90. The molecule has 0 radical (unpaired) electrons. The van der Waals surface area contributed by atoms with Gasteiger partial charge in [-0.2, -0.15) is 0 Å². The molecule has 2 rings (SSSR count). The molecule has 0 spiro atoms. The number of cyclic esters (lactones) is 1. The number of hydrogen-bond donors (Lipinski definition) is 0. The molecule has 0 aliphatic carbocycles. The number of allylic oxidation sites excluding steroid dienone is 1. The largest absolute Gasteiger partial charge is 0.427 e. The fourth-order valence-electron chi connectivity index (χ4n) is 1.50. The van der Waals surface area contributed by atoms with Crippen molar-refractivity contribution in [2.45, 2.75) is 13.3 Å². The number of anilines is 1. The van der Waals surface area contributed by atoms with Crippen molar-refractivity contribution in [1.29, 1.82) is 0 Å². The third-order valence-corrected chi connectivity index (χ3v) is 2.52. The van der Waals surface area contributed by atoms with Crippen LogP contribution in [0.3, 0.4) is 0 Å². The van der Waals surface area contributed by atoms with E-state index >= 15 is 0 Å². The molecule has 0 unspecified atom stereocenters. The molecule has 1 heterocycles. The van der Waals surface area contributed by atoms with E-state index in [9.17, 15) is 9.59 Å². The zero-order valence-electron chi connectivity index (χ0n) is 9.14. The van der Waals surface area contributed by atoms with Crippen molar-refractivity contribution < 1.29 is 14.3 Å². The molecule has 2 amide bonds. The number of nitrogens with zero attached hydrogens (tertiary/aromatic N) is 1. The molecular weight excluding hydrogens is 242 g/mol. The lowest BCUT2D eigenvalue weighted by molar-refractivity contribution is -0.114. The fourth-order valence-corrected chi connectivity index (χ4v) is 1.63. The quantitative estimate of drug-likeness (QED) is 0.759. The molecule has 0 aromatic heterocycles. The summed E-state index contributed by atoms with van der Waals surface area (Å²) in [4.78, 5) is 24.4. The van der Waals surface area contributed by atoms with Gasteiger partial charge in [0.1, 0.15) is 0 Å². The minimum Gasteiger partial charge on any atom is -0.404 e. The van der Waals surface area contributed by atoms with Crippen LogP contribution >= 0.6 is 11.6 Å². The maximum absolute atomic E-state index is 11.9. The summed E-state index contributed by atoms with van der Waals surface area (Å²) in [6.07, 6.45) is 1.52. The van der Waals surface area contributed by atoms with Crippen LogP contribution in [0.1, 0.15) is 13.3 Å². The van der Waals surface area contributed by atoms with E-state index in [1.807, 2.05) is 6.92 Å². The standard InChI is InChI=1S/C12H10ClNO3/c1-2-3-10-11(15)14(12(16)17-10)9-6-4-8(13)5-7-9/h3-7H,2H2,1H3/b10-3-. The number of amides is 2. The third-order valence-electron chi connectivity index (χ3n) is 2.27. The van der Waals surface area contributed by atoms with Gasteiger partial charge in [-0.05, 0) is 36.8 Å². The molecule has 17 heavy (non-hydrogen) atoms. The molecule has 1 aliphatic heterocycles. The van der Waals surface area contributed by atoms with Crippen LogP contribution in [0.15, 0.2) is 36.1 Å². The molecule has 4 nitrogen and oxygen atoms in total. The van der Waals surface area contributed by atoms with Crippen LogP contribution in [-0.2, 0) is 9.53 Å². The first-order chi connectivity index (χ1) is 8.13. The van der Waals surface area contributed by atoms with Gasteiger partial charge >= 0.3 is 12.0 Å². The van der Waals surface area contributed by atoms with Crippen LogP contribution in [0.2, 0.25) is 5.02 Å². The van der Waals surface area contributed by atoms with E-state index in [2.05, 4.69) is 0 Å². The Morgan fingerprint density at radius 3 is 2.53 bits per heavy atom. The summed E-state index contributed by atoms with van der Waals surface area (Å²) in [5, 5.41) is 0.540. The fraction of sp³-hybridized carbons (Fsp3) is 0.167. The Hall–Kier alpha value is -1.81. The van der Waals surface area contributed by atoms with Gasteiger partial charge in [0.2, 0.25) is 0 Å². The monoisotopic (exact) mass is 251 g/mol. The normalized spacial score (nSPS) is 17.8.